The van der Waals surface area contributed by atoms with Crippen LogP contribution >= 0.6 is 11.6 Å². The molecule has 5 rings (SSSR count). The molecule has 5 nitrogen and oxygen atoms in total. The van der Waals surface area contributed by atoms with Gasteiger partial charge in [0.05, 0.1) is 6.04 Å². The van der Waals surface area contributed by atoms with E-state index in [1.165, 1.54) is 30.4 Å². The zero-order chi connectivity index (χ0) is 25.1. The highest BCUT2D eigenvalue weighted by Gasteiger charge is 2.44. The van der Waals surface area contributed by atoms with Gasteiger partial charge in [-0.2, -0.15) is 0 Å². The number of likely N-dealkylation sites (tertiary alicyclic amines) is 2. The van der Waals surface area contributed by atoms with Crippen LogP contribution in [0.5, 0.6) is 0 Å². The van der Waals surface area contributed by atoms with E-state index in [9.17, 15) is 4.79 Å². The van der Waals surface area contributed by atoms with Crippen molar-refractivity contribution in [1.82, 2.24) is 20.0 Å². The summed E-state index contributed by atoms with van der Waals surface area (Å²) in [4.78, 5) is 21.0. The third kappa shape index (κ3) is 5.35. The predicted molar refractivity (Wildman–Crippen MR) is 147 cm³/mol. The van der Waals surface area contributed by atoms with Crippen molar-refractivity contribution in [3.05, 3.63) is 70.2 Å². The van der Waals surface area contributed by atoms with Crippen molar-refractivity contribution in [3.63, 3.8) is 0 Å². The molecule has 1 spiro atoms. The van der Waals surface area contributed by atoms with E-state index in [2.05, 4.69) is 70.5 Å². The van der Waals surface area contributed by atoms with Gasteiger partial charge in [0.1, 0.15) is 0 Å². The Morgan fingerprint density at radius 1 is 1.03 bits per heavy atom. The van der Waals surface area contributed by atoms with E-state index >= 15 is 0 Å². The van der Waals surface area contributed by atoms with E-state index in [1.807, 2.05) is 12.1 Å². The third-order valence-corrected chi connectivity index (χ3v) is 9.29. The van der Waals surface area contributed by atoms with Gasteiger partial charge in [-0.25, -0.2) is 0 Å². The minimum Gasteiger partial charge on any atom is -0.341 e. The molecule has 194 valence electrons. The quantitative estimate of drug-likeness (QED) is 0.630. The topological polar surface area (TPSA) is 38.8 Å². The van der Waals surface area contributed by atoms with E-state index in [4.69, 9.17) is 11.6 Å². The van der Waals surface area contributed by atoms with Crippen LogP contribution in [0.15, 0.2) is 48.5 Å². The summed E-state index contributed by atoms with van der Waals surface area (Å²) in [7, 11) is 4.48. The van der Waals surface area contributed by atoms with Crippen LogP contribution in [0.1, 0.15) is 48.8 Å². The number of nitrogens with zero attached hydrogens (tertiary/aromatic N) is 3. The maximum absolute atomic E-state index is 13.9. The Balaban J connectivity index is 1.29. The van der Waals surface area contributed by atoms with Crippen LogP contribution in [0.25, 0.3) is 0 Å². The van der Waals surface area contributed by atoms with Crippen molar-refractivity contribution in [3.8, 4) is 0 Å². The van der Waals surface area contributed by atoms with E-state index in [1.54, 1.807) is 0 Å². The number of likely N-dealkylation sites (N-methyl/N-ethyl adjacent to an activating group) is 2. The molecule has 6 heteroatoms. The number of benzene rings is 2. The van der Waals surface area contributed by atoms with Gasteiger partial charge in [0, 0.05) is 42.8 Å². The average Bonchev–Trinajstić information content (AvgIpc) is 2.91. The molecule has 2 aromatic rings. The Bertz CT molecular complexity index is 1030. The molecule has 2 saturated heterocycles. The van der Waals surface area contributed by atoms with E-state index in [0.29, 0.717) is 12.5 Å². The number of hydrogen-bond donors (Lipinski definition) is 1. The van der Waals surface area contributed by atoms with Gasteiger partial charge in [-0.05, 0) is 88.0 Å². The maximum Gasteiger partial charge on any atom is 0.240 e. The largest absolute Gasteiger partial charge is 0.341 e. The smallest absolute Gasteiger partial charge is 0.240 e. The highest BCUT2D eigenvalue weighted by atomic mass is 35.5. The first-order valence-electron chi connectivity index (χ1n) is 13.7. The molecule has 3 heterocycles. The molecule has 0 radical (unpaired) electrons. The number of fused-ring (bicyclic) bond motifs is 2. The lowest BCUT2D eigenvalue weighted by Gasteiger charge is -2.51. The molecule has 1 unspecified atom stereocenters. The summed E-state index contributed by atoms with van der Waals surface area (Å²) < 4.78 is 0. The molecule has 1 N–H and O–H groups in total. The Hall–Kier alpha value is -1.92. The average molecular weight is 509 g/mol. The van der Waals surface area contributed by atoms with Gasteiger partial charge in [0.15, 0.2) is 0 Å². The first-order chi connectivity index (χ1) is 17.5. The fourth-order valence-electron chi connectivity index (χ4n) is 6.65. The van der Waals surface area contributed by atoms with Crippen LogP contribution in [-0.4, -0.2) is 79.5 Å². The van der Waals surface area contributed by atoms with Crippen molar-refractivity contribution < 1.29 is 4.79 Å². The van der Waals surface area contributed by atoms with Crippen LogP contribution in [-0.2, 0) is 23.2 Å². The van der Waals surface area contributed by atoms with Gasteiger partial charge < -0.3 is 15.1 Å². The lowest BCUT2D eigenvalue weighted by molar-refractivity contribution is -0.136. The molecule has 1 amide bonds. The Morgan fingerprint density at radius 3 is 2.53 bits per heavy atom. The van der Waals surface area contributed by atoms with E-state index < -0.39 is 0 Å². The standard InChI is InChI=1S/C30H41ClN4O/c1-33-17-6-5-8-26(33)22-32-28(21-23-10-12-25(31)13-11-23)29(36)35-19-15-30(16-20-35)27-9-4-3-7-24(27)14-18-34(30)2/h3-4,7,9-13,26,28,32H,5-6,8,14-22H2,1-2H3/t26?,28-/m1/s1. The summed E-state index contributed by atoms with van der Waals surface area (Å²) in [5.41, 5.74) is 4.16. The zero-order valence-electron chi connectivity index (χ0n) is 21.9. The molecular formula is C30H41ClN4O. The van der Waals surface area contributed by atoms with Crippen molar-refractivity contribution in [2.24, 2.45) is 0 Å². The second-order valence-electron chi connectivity index (χ2n) is 11.1. The number of hydrogen-bond acceptors (Lipinski definition) is 4. The van der Waals surface area contributed by atoms with Crippen LogP contribution in [0, 0.1) is 0 Å². The molecule has 3 aliphatic rings. The van der Waals surface area contributed by atoms with Gasteiger partial charge in [-0.1, -0.05) is 54.4 Å². The Labute approximate surface area is 221 Å². The molecule has 0 aliphatic carbocycles. The molecule has 2 fully saturated rings. The number of piperidine rings is 2. The highest BCUT2D eigenvalue weighted by Crippen LogP contribution is 2.42. The summed E-state index contributed by atoms with van der Waals surface area (Å²) in [5.74, 6) is 0.241. The number of amides is 1. The van der Waals surface area contributed by atoms with Crippen LogP contribution in [0.4, 0.5) is 0 Å². The molecule has 2 atom stereocenters. The lowest BCUT2D eigenvalue weighted by Crippen LogP contribution is -2.58. The third-order valence-electron chi connectivity index (χ3n) is 9.04. The molecule has 2 aromatic carbocycles. The first kappa shape index (κ1) is 25.7. The van der Waals surface area contributed by atoms with Crippen LogP contribution < -0.4 is 5.32 Å². The number of halogens is 1. The van der Waals surface area contributed by atoms with Gasteiger partial charge >= 0.3 is 0 Å². The van der Waals surface area contributed by atoms with Crippen molar-refractivity contribution in [1.29, 1.82) is 0 Å². The molecule has 36 heavy (non-hydrogen) atoms. The minimum atomic E-state index is -0.216. The molecule has 3 aliphatic heterocycles. The Kier molecular flexibility index (Phi) is 8.02. The maximum atomic E-state index is 13.9. The monoisotopic (exact) mass is 508 g/mol. The number of rotatable bonds is 6. The minimum absolute atomic E-state index is 0.0511. The number of nitrogens with one attached hydrogen (secondary N) is 1. The van der Waals surface area contributed by atoms with Gasteiger partial charge in [0.25, 0.3) is 0 Å². The second-order valence-corrected chi connectivity index (χ2v) is 11.5. The molecule has 0 bridgehead atoms. The summed E-state index contributed by atoms with van der Waals surface area (Å²) in [6.45, 7) is 4.69. The van der Waals surface area contributed by atoms with Crippen molar-refractivity contribution in [2.45, 2.75) is 62.6 Å². The fraction of sp³-hybridized carbons (Fsp3) is 0.567. The number of carbonyl (C=O) groups excluding carboxylic acids is 1. The summed E-state index contributed by atoms with van der Waals surface area (Å²) in [6.07, 6.45) is 7.53. The molecule has 0 aromatic heterocycles. The van der Waals surface area contributed by atoms with Gasteiger partial charge in [-0.3, -0.25) is 9.69 Å². The van der Waals surface area contributed by atoms with Crippen molar-refractivity contribution >= 4 is 17.5 Å². The van der Waals surface area contributed by atoms with Crippen LogP contribution in [0.3, 0.4) is 0 Å². The van der Waals surface area contributed by atoms with Crippen LogP contribution in [0.2, 0.25) is 5.02 Å². The summed E-state index contributed by atoms with van der Waals surface area (Å²) in [6, 6.07) is 17.2. The Morgan fingerprint density at radius 2 is 1.78 bits per heavy atom. The summed E-state index contributed by atoms with van der Waals surface area (Å²) in [5, 5.41) is 4.43. The first-order valence-corrected chi connectivity index (χ1v) is 14.1. The van der Waals surface area contributed by atoms with Gasteiger partial charge in [-0.15, -0.1) is 0 Å². The molecular weight excluding hydrogens is 468 g/mol. The zero-order valence-corrected chi connectivity index (χ0v) is 22.6. The van der Waals surface area contributed by atoms with Crippen molar-refractivity contribution in [2.75, 3.05) is 46.8 Å². The lowest BCUT2D eigenvalue weighted by atomic mass is 9.74. The summed E-state index contributed by atoms with van der Waals surface area (Å²) >= 11 is 6.13. The number of carbonyl (C=O) groups is 1. The van der Waals surface area contributed by atoms with E-state index in [-0.39, 0.29) is 17.5 Å². The van der Waals surface area contributed by atoms with Gasteiger partial charge in [0.2, 0.25) is 5.91 Å². The highest BCUT2D eigenvalue weighted by molar-refractivity contribution is 6.30. The SMILES string of the molecule is CN1CCCCC1CN[C@H](Cc1ccc(Cl)cc1)C(=O)N1CCC2(CC1)c1ccccc1CCN2C. The fourth-order valence-corrected chi connectivity index (χ4v) is 6.78. The normalized spacial score (nSPS) is 23.4. The second kappa shape index (κ2) is 11.2. The van der Waals surface area contributed by atoms with E-state index in [0.717, 1.165) is 62.6 Å². The predicted octanol–water partition coefficient (Wildman–Crippen LogP) is 4.33. The molecule has 0 saturated carbocycles.